The van der Waals surface area contributed by atoms with E-state index in [1.807, 2.05) is 10.9 Å². The molecule has 2 aromatic rings. The first-order chi connectivity index (χ1) is 7.84. The minimum atomic E-state index is 0.693. The molecule has 0 aliphatic heterocycles. The maximum absolute atomic E-state index is 5.77. The first-order valence-corrected chi connectivity index (χ1v) is 6.51. The van der Waals surface area contributed by atoms with Crippen LogP contribution in [0.25, 0.3) is 0 Å². The molecular weight excluding hydrogens is 242 g/mol. The van der Waals surface area contributed by atoms with Crippen LogP contribution >= 0.6 is 22.9 Å². The Labute approximate surface area is 104 Å². The first kappa shape index (κ1) is 11.6. The lowest BCUT2D eigenvalue weighted by Crippen LogP contribution is -2.22. The molecule has 0 aromatic carbocycles. The monoisotopic (exact) mass is 255 g/mol. The van der Waals surface area contributed by atoms with E-state index in [1.54, 1.807) is 17.5 Å². The summed E-state index contributed by atoms with van der Waals surface area (Å²) in [6.45, 7) is 2.79. The van der Waals surface area contributed by atoms with E-state index in [2.05, 4.69) is 27.9 Å². The maximum atomic E-state index is 5.77. The summed E-state index contributed by atoms with van der Waals surface area (Å²) >= 11 is 7.57. The molecule has 5 heteroatoms. The summed E-state index contributed by atoms with van der Waals surface area (Å²) in [5.74, 6) is 0. The molecule has 0 radical (unpaired) electrons. The zero-order valence-corrected chi connectivity index (χ0v) is 10.5. The van der Waals surface area contributed by atoms with Gasteiger partial charge in [0.15, 0.2) is 0 Å². The fraction of sp³-hybridized carbons (Fsp3) is 0.364. The van der Waals surface area contributed by atoms with Crippen LogP contribution in [0.4, 0.5) is 0 Å². The van der Waals surface area contributed by atoms with Gasteiger partial charge in [0.25, 0.3) is 0 Å². The molecule has 0 spiro atoms. The van der Waals surface area contributed by atoms with Gasteiger partial charge < -0.3 is 5.32 Å². The summed E-state index contributed by atoms with van der Waals surface area (Å²) in [5, 5.41) is 10.3. The van der Waals surface area contributed by atoms with Crippen LogP contribution in [0, 0.1) is 0 Å². The van der Waals surface area contributed by atoms with Gasteiger partial charge in [-0.2, -0.15) is 5.10 Å². The number of rotatable bonds is 6. The van der Waals surface area contributed by atoms with Crippen molar-refractivity contribution >= 4 is 22.9 Å². The molecule has 0 fully saturated rings. The van der Waals surface area contributed by atoms with Gasteiger partial charge in [0.05, 0.1) is 17.8 Å². The van der Waals surface area contributed by atoms with E-state index >= 15 is 0 Å². The highest BCUT2D eigenvalue weighted by Crippen LogP contribution is 2.08. The van der Waals surface area contributed by atoms with E-state index < -0.39 is 0 Å². The zero-order valence-electron chi connectivity index (χ0n) is 8.90. The first-order valence-electron chi connectivity index (χ1n) is 5.25. The molecule has 1 N–H and O–H groups in total. The number of nitrogens with one attached hydrogen (secondary N) is 1. The number of nitrogens with zero attached hydrogens (tertiary/aromatic N) is 2. The third kappa shape index (κ3) is 3.63. The second-order valence-electron chi connectivity index (χ2n) is 3.50. The predicted octanol–water partition coefficient (Wildman–Crippen LogP) is 2.43. The SMILES string of the molecule is Clc1cnn(CCNCCc2cccs2)c1. The maximum Gasteiger partial charge on any atom is 0.0785 e. The number of thiophene rings is 1. The highest BCUT2D eigenvalue weighted by atomic mass is 35.5. The Morgan fingerprint density at radius 2 is 2.38 bits per heavy atom. The molecule has 3 nitrogen and oxygen atoms in total. The molecule has 86 valence electrons. The van der Waals surface area contributed by atoms with Crippen molar-refractivity contribution in [3.05, 3.63) is 39.8 Å². The van der Waals surface area contributed by atoms with Gasteiger partial charge in [-0.1, -0.05) is 17.7 Å². The molecular formula is C11H14ClN3S. The largest absolute Gasteiger partial charge is 0.315 e. The summed E-state index contributed by atoms with van der Waals surface area (Å²) in [6, 6.07) is 4.26. The van der Waals surface area contributed by atoms with Crippen LogP contribution in [0.5, 0.6) is 0 Å². The van der Waals surface area contributed by atoms with Gasteiger partial charge in [-0.3, -0.25) is 4.68 Å². The molecule has 0 bridgehead atoms. The molecule has 0 atom stereocenters. The molecule has 0 aliphatic carbocycles. The van der Waals surface area contributed by atoms with Crippen molar-refractivity contribution in [1.29, 1.82) is 0 Å². The van der Waals surface area contributed by atoms with E-state index in [1.165, 1.54) is 4.88 Å². The normalized spacial score (nSPS) is 10.8. The van der Waals surface area contributed by atoms with Crippen LogP contribution in [0.15, 0.2) is 29.9 Å². The van der Waals surface area contributed by atoms with Gasteiger partial charge in [0.2, 0.25) is 0 Å². The zero-order chi connectivity index (χ0) is 11.2. The Hall–Kier alpha value is -0.840. The van der Waals surface area contributed by atoms with Crippen molar-refractivity contribution in [2.75, 3.05) is 13.1 Å². The number of halogens is 1. The Morgan fingerprint density at radius 1 is 1.44 bits per heavy atom. The van der Waals surface area contributed by atoms with Gasteiger partial charge in [-0.25, -0.2) is 0 Å². The Balaban J connectivity index is 1.59. The van der Waals surface area contributed by atoms with Crippen molar-refractivity contribution < 1.29 is 0 Å². The molecule has 0 saturated heterocycles. The standard InChI is InChI=1S/C11H14ClN3S/c12-10-8-14-15(9-10)6-5-13-4-3-11-2-1-7-16-11/h1-2,7-9,13H,3-6H2. The quantitative estimate of drug-likeness (QED) is 0.804. The van der Waals surface area contributed by atoms with E-state index in [4.69, 9.17) is 11.6 Å². The van der Waals surface area contributed by atoms with Crippen LogP contribution in [-0.4, -0.2) is 22.9 Å². The van der Waals surface area contributed by atoms with Crippen LogP contribution in [0.3, 0.4) is 0 Å². The second-order valence-corrected chi connectivity index (χ2v) is 4.97. The summed E-state index contributed by atoms with van der Waals surface area (Å²) < 4.78 is 1.85. The van der Waals surface area contributed by atoms with Crippen molar-refractivity contribution in [2.45, 2.75) is 13.0 Å². The molecule has 0 amide bonds. The predicted molar refractivity (Wildman–Crippen MR) is 68.1 cm³/mol. The molecule has 2 aromatic heterocycles. The van der Waals surface area contributed by atoms with Gasteiger partial charge in [-0.15, -0.1) is 11.3 Å². The van der Waals surface area contributed by atoms with Crippen LogP contribution in [0.2, 0.25) is 5.02 Å². The third-order valence-corrected chi connectivity index (χ3v) is 3.38. The third-order valence-electron chi connectivity index (χ3n) is 2.25. The van der Waals surface area contributed by atoms with E-state index in [-0.39, 0.29) is 0 Å². The average Bonchev–Trinajstić information content (AvgIpc) is 2.89. The topological polar surface area (TPSA) is 29.9 Å². The lowest BCUT2D eigenvalue weighted by atomic mass is 10.3. The smallest absolute Gasteiger partial charge is 0.0785 e. The summed E-state index contributed by atoms with van der Waals surface area (Å²) in [4.78, 5) is 1.43. The Kier molecular flexibility index (Phi) is 4.39. The fourth-order valence-corrected chi connectivity index (χ4v) is 2.31. The van der Waals surface area contributed by atoms with Gasteiger partial charge >= 0.3 is 0 Å². The Bertz CT molecular complexity index is 411. The van der Waals surface area contributed by atoms with E-state index in [0.29, 0.717) is 5.02 Å². The minimum Gasteiger partial charge on any atom is -0.315 e. The second kappa shape index (κ2) is 6.03. The number of hydrogen-bond donors (Lipinski definition) is 1. The molecule has 0 aliphatic rings. The van der Waals surface area contributed by atoms with E-state index in [0.717, 1.165) is 26.1 Å². The highest BCUT2D eigenvalue weighted by molar-refractivity contribution is 7.09. The van der Waals surface area contributed by atoms with Gasteiger partial charge in [0, 0.05) is 24.2 Å². The molecule has 2 rings (SSSR count). The minimum absolute atomic E-state index is 0.693. The fourth-order valence-electron chi connectivity index (χ4n) is 1.45. The lowest BCUT2D eigenvalue weighted by Gasteiger charge is -2.03. The van der Waals surface area contributed by atoms with Crippen molar-refractivity contribution in [3.8, 4) is 0 Å². The molecule has 0 unspecified atom stereocenters. The molecule has 16 heavy (non-hydrogen) atoms. The summed E-state index contributed by atoms with van der Waals surface area (Å²) in [5.41, 5.74) is 0. The van der Waals surface area contributed by atoms with Crippen LogP contribution < -0.4 is 5.32 Å². The van der Waals surface area contributed by atoms with Crippen molar-refractivity contribution in [3.63, 3.8) is 0 Å². The number of aromatic nitrogens is 2. The average molecular weight is 256 g/mol. The van der Waals surface area contributed by atoms with Gasteiger partial charge in [0.1, 0.15) is 0 Å². The van der Waals surface area contributed by atoms with Crippen LogP contribution in [0.1, 0.15) is 4.88 Å². The Morgan fingerprint density at radius 3 is 3.06 bits per heavy atom. The summed E-state index contributed by atoms with van der Waals surface area (Å²) in [7, 11) is 0. The van der Waals surface area contributed by atoms with Crippen LogP contribution in [-0.2, 0) is 13.0 Å². The molecule has 2 heterocycles. The molecule has 0 saturated carbocycles. The summed E-state index contributed by atoms with van der Waals surface area (Å²) in [6.07, 6.45) is 4.59. The number of hydrogen-bond acceptors (Lipinski definition) is 3. The highest BCUT2D eigenvalue weighted by Gasteiger charge is 1.96. The lowest BCUT2D eigenvalue weighted by molar-refractivity contribution is 0.557. The van der Waals surface area contributed by atoms with Crippen molar-refractivity contribution in [1.82, 2.24) is 15.1 Å². The van der Waals surface area contributed by atoms with Gasteiger partial charge in [-0.05, 0) is 17.9 Å². The van der Waals surface area contributed by atoms with Crippen molar-refractivity contribution in [2.24, 2.45) is 0 Å². The van der Waals surface area contributed by atoms with E-state index in [9.17, 15) is 0 Å².